The van der Waals surface area contributed by atoms with Gasteiger partial charge in [-0.2, -0.15) is 4.98 Å². The summed E-state index contributed by atoms with van der Waals surface area (Å²) in [5.41, 5.74) is 1.05. The van der Waals surface area contributed by atoms with E-state index in [0.29, 0.717) is 37.8 Å². The Balaban J connectivity index is 1.45. The van der Waals surface area contributed by atoms with Gasteiger partial charge in [0.15, 0.2) is 5.82 Å². The molecule has 0 spiro atoms. The first-order valence-electron chi connectivity index (χ1n) is 8.60. The van der Waals surface area contributed by atoms with Gasteiger partial charge in [0.2, 0.25) is 5.91 Å². The summed E-state index contributed by atoms with van der Waals surface area (Å²) in [7, 11) is 0. The van der Waals surface area contributed by atoms with Crippen LogP contribution in [0.2, 0.25) is 0 Å². The average molecular weight is 369 g/mol. The number of carbonyl (C=O) groups excluding carboxylic acids is 1. The number of amides is 1. The van der Waals surface area contributed by atoms with Crippen LogP contribution in [0.4, 0.5) is 0 Å². The van der Waals surface area contributed by atoms with Gasteiger partial charge in [0, 0.05) is 25.4 Å². The van der Waals surface area contributed by atoms with Gasteiger partial charge in [0.25, 0.3) is 5.89 Å². The molecule has 1 fully saturated rings. The van der Waals surface area contributed by atoms with Gasteiger partial charge in [-0.3, -0.25) is 4.79 Å². The molecule has 134 valence electrons. The Morgan fingerprint density at radius 3 is 3.08 bits per heavy atom. The maximum Gasteiger partial charge on any atom is 0.267 e. The highest BCUT2D eigenvalue weighted by Gasteiger charge is 2.33. The maximum absolute atomic E-state index is 12.4. The predicted molar refractivity (Wildman–Crippen MR) is 98.0 cm³/mol. The quantitative estimate of drug-likeness (QED) is 0.662. The molecule has 2 aromatic heterocycles. The molecule has 1 aliphatic heterocycles. The van der Waals surface area contributed by atoms with Crippen molar-refractivity contribution < 1.29 is 14.1 Å². The van der Waals surface area contributed by atoms with Gasteiger partial charge < -0.3 is 14.2 Å². The number of hydrogen-bond donors (Lipinski definition) is 0. The fourth-order valence-corrected chi connectivity index (χ4v) is 3.76. The third kappa shape index (κ3) is 3.48. The molecule has 0 N–H and O–H groups in total. The van der Waals surface area contributed by atoms with Crippen LogP contribution in [0.1, 0.15) is 30.7 Å². The van der Waals surface area contributed by atoms with Crippen molar-refractivity contribution in [2.75, 3.05) is 13.2 Å². The summed E-state index contributed by atoms with van der Waals surface area (Å²) < 4.78 is 10.9. The lowest BCUT2D eigenvalue weighted by Gasteiger charge is -2.16. The second kappa shape index (κ2) is 7.29. The van der Waals surface area contributed by atoms with Crippen molar-refractivity contribution in [3.8, 4) is 16.5 Å². The summed E-state index contributed by atoms with van der Waals surface area (Å²) >= 11 is 1.55. The molecule has 6 nitrogen and oxygen atoms in total. The van der Waals surface area contributed by atoms with Crippen LogP contribution in [0.25, 0.3) is 10.8 Å². The summed E-state index contributed by atoms with van der Waals surface area (Å²) in [4.78, 5) is 19.7. The van der Waals surface area contributed by atoms with Crippen LogP contribution in [-0.2, 0) is 11.3 Å². The molecule has 4 rings (SSSR count). The highest BCUT2D eigenvalue weighted by atomic mass is 32.1. The number of rotatable bonds is 6. The van der Waals surface area contributed by atoms with E-state index in [1.165, 1.54) is 0 Å². The first-order valence-corrected chi connectivity index (χ1v) is 9.48. The molecule has 1 aromatic carbocycles. The Bertz CT molecular complexity index is 891. The van der Waals surface area contributed by atoms with E-state index in [1.54, 1.807) is 11.3 Å². The summed E-state index contributed by atoms with van der Waals surface area (Å²) in [6, 6.07) is 11.7. The fraction of sp³-hybridized carbons (Fsp3) is 0.316. The number of likely N-dealkylation sites (tertiary alicyclic amines) is 1. The van der Waals surface area contributed by atoms with Gasteiger partial charge in [-0.05, 0) is 36.1 Å². The SMILES string of the molecule is CCOc1cccc(CN2CC(c3noc(-c4cccs4)n3)CC2=O)c1. The summed E-state index contributed by atoms with van der Waals surface area (Å²) in [6.45, 7) is 3.74. The Kier molecular flexibility index (Phi) is 4.71. The first-order chi connectivity index (χ1) is 12.7. The average Bonchev–Trinajstić information content (AvgIpc) is 3.36. The Labute approximate surface area is 155 Å². The van der Waals surface area contributed by atoms with E-state index < -0.39 is 0 Å². The topological polar surface area (TPSA) is 68.5 Å². The van der Waals surface area contributed by atoms with Crippen LogP contribution < -0.4 is 4.74 Å². The van der Waals surface area contributed by atoms with Gasteiger partial charge in [0.05, 0.1) is 11.5 Å². The number of benzene rings is 1. The van der Waals surface area contributed by atoms with Gasteiger partial charge in [0.1, 0.15) is 5.75 Å². The molecule has 0 bridgehead atoms. The number of carbonyl (C=O) groups is 1. The number of nitrogens with zero attached hydrogens (tertiary/aromatic N) is 3. The Hall–Kier alpha value is -2.67. The van der Waals surface area contributed by atoms with Crippen molar-refractivity contribution in [1.29, 1.82) is 0 Å². The zero-order chi connectivity index (χ0) is 17.9. The van der Waals surface area contributed by atoms with Gasteiger partial charge >= 0.3 is 0 Å². The van der Waals surface area contributed by atoms with Crippen molar-refractivity contribution in [3.05, 3.63) is 53.2 Å². The lowest BCUT2D eigenvalue weighted by molar-refractivity contribution is -0.128. The zero-order valence-electron chi connectivity index (χ0n) is 14.4. The van der Waals surface area contributed by atoms with E-state index in [9.17, 15) is 4.79 Å². The van der Waals surface area contributed by atoms with Gasteiger partial charge in [-0.1, -0.05) is 23.4 Å². The Morgan fingerprint density at radius 2 is 2.27 bits per heavy atom. The lowest BCUT2D eigenvalue weighted by Crippen LogP contribution is -2.24. The highest BCUT2D eigenvalue weighted by Crippen LogP contribution is 2.30. The molecular formula is C19H19N3O3S. The molecule has 1 atom stereocenters. The van der Waals surface area contributed by atoms with Crippen molar-refractivity contribution in [1.82, 2.24) is 15.0 Å². The van der Waals surface area contributed by atoms with E-state index in [4.69, 9.17) is 9.26 Å². The predicted octanol–water partition coefficient (Wildman–Crippen LogP) is 3.71. The fourth-order valence-electron chi connectivity index (χ4n) is 3.12. The normalized spacial score (nSPS) is 17.0. The third-order valence-electron chi connectivity index (χ3n) is 4.34. The summed E-state index contributed by atoms with van der Waals surface area (Å²) in [5, 5.41) is 6.06. The lowest BCUT2D eigenvalue weighted by atomic mass is 10.1. The third-order valence-corrected chi connectivity index (χ3v) is 5.19. The van der Waals surface area contributed by atoms with Gasteiger partial charge in [-0.25, -0.2) is 0 Å². The highest BCUT2D eigenvalue weighted by molar-refractivity contribution is 7.13. The van der Waals surface area contributed by atoms with Gasteiger partial charge in [-0.15, -0.1) is 11.3 Å². The second-order valence-electron chi connectivity index (χ2n) is 6.19. The standard InChI is InChI=1S/C19H19N3O3S/c1-2-24-15-6-3-5-13(9-15)11-22-12-14(10-17(22)23)18-20-19(25-21-18)16-7-4-8-26-16/h3-9,14H,2,10-12H2,1H3. The molecular weight excluding hydrogens is 350 g/mol. The Morgan fingerprint density at radius 1 is 1.35 bits per heavy atom. The molecule has 26 heavy (non-hydrogen) atoms. The number of aromatic nitrogens is 2. The minimum Gasteiger partial charge on any atom is -0.494 e. The largest absolute Gasteiger partial charge is 0.494 e. The molecule has 0 radical (unpaired) electrons. The molecule has 1 unspecified atom stereocenters. The minimum absolute atomic E-state index is 0.0324. The number of ether oxygens (including phenoxy) is 1. The molecule has 7 heteroatoms. The second-order valence-corrected chi connectivity index (χ2v) is 7.14. The van der Waals surface area contributed by atoms with Crippen LogP contribution in [-0.4, -0.2) is 34.1 Å². The summed E-state index contributed by atoms with van der Waals surface area (Å²) in [5.74, 6) is 2.03. The maximum atomic E-state index is 12.4. The van der Waals surface area contributed by atoms with Crippen LogP contribution in [0.5, 0.6) is 5.75 Å². The number of hydrogen-bond acceptors (Lipinski definition) is 6. The zero-order valence-corrected chi connectivity index (χ0v) is 15.2. The minimum atomic E-state index is -0.0324. The monoisotopic (exact) mass is 369 g/mol. The molecule has 3 heterocycles. The van der Waals surface area contributed by atoms with Crippen molar-refractivity contribution in [2.45, 2.75) is 25.8 Å². The van der Waals surface area contributed by atoms with Crippen LogP contribution >= 0.6 is 11.3 Å². The molecule has 1 saturated heterocycles. The van der Waals surface area contributed by atoms with Crippen LogP contribution in [0, 0.1) is 0 Å². The molecule has 0 saturated carbocycles. The van der Waals surface area contributed by atoms with E-state index in [-0.39, 0.29) is 11.8 Å². The van der Waals surface area contributed by atoms with E-state index in [1.807, 2.05) is 53.6 Å². The molecule has 3 aromatic rings. The van der Waals surface area contributed by atoms with Crippen molar-refractivity contribution in [2.24, 2.45) is 0 Å². The van der Waals surface area contributed by atoms with E-state index in [0.717, 1.165) is 16.2 Å². The molecule has 1 aliphatic rings. The van der Waals surface area contributed by atoms with Crippen molar-refractivity contribution in [3.63, 3.8) is 0 Å². The van der Waals surface area contributed by atoms with Crippen LogP contribution in [0.15, 0.2) is 46.3 Å². The van der Waals surface area contributed by atoms with Crippen molar-refractivity contribution >= 4 is 17.2 Å². The van der Waals surface area contributed by atoms with Crippen LogP contribution in [0.3, 0.4) is 0 Å². The van der Waals surface area contributed by atoms with E-state index in [2.05, 4.69) is 10.1 Å². The van der Waals surface area contributed by atoms with E-state index >= 15 is 0 Å². The first kappa shape index (κ1) is 16.8. The smallest absolute Gasteiger partial charge is 0.267 e. The number of thiophene rings is 1. The summed E-state index contributed by atoms with van der Waals surface area (Å²) in [6.07, 6.45) is 0.411. The molecule has 0 aliphatic carbocycles. The molecule has 1 amide bonds.